The van der Waals surface area contributed by atoms with Gasteiger partial charge in [-0.3, -0.25) is 0 Å². The van der Waals surface area contributed by atoms with Crippen LogP contribution in [0.3, 0.4) is 0 Å². The molecule has 0 spiro atoms. The van der Waals surface area contributed by atoms with Crippen LogP contribution in [-0.4, -0.2) is 11.4 Å². The maximum atomic E-state index is 8.40. The monoisotopic (exact) mass is 215 g/mol. The van der Waals surface area contributed by atoms with E-state index in [2.05, 4.69) is 37.2 Å². The summed E-state index contributed by atoms with van der Waals surface area (Å²) in [5.41, 5.74) is 3.43. The Hall–Kier alpha value is -2.03. The first-order chi connectivity index (χ1) is 7.69. The van der Waals surface area contributed by atoms with Crippen molar-refractivity contribution in [2.75, 3.05) is 0 Å². The Bertz CT molecular complexity index is 506. The highest BCUT2D eigenvalue weighted by Gasteiger charge is 2.04. The number of benzene rings is 1. The second kappa shape index (κ2) is 4.23. The van der Waals surface area contributed by atoms with Crippen LogP contribution in [0.2, 0.25) is 0 Å². The van der Waals surface area contributed by atoms with Gasteiger partial charge in [-0.05, 0) is 38.1 Å². The fraction of sp³-hybridized carbons (Fsp3) is 0.154. The molecule has 82 valence electrons. The maximum Gasteiger partial charge on any atom is 0.149 e. The zero-order chi connectivity index (χ0) is 11.5. The van der Waals surface area contributed by atoms with E-state index in [0.717, 1.165) is 11.3 Å². The highest BCUT2D eigenvalue weighted by Crippen LogP contribution is 2.23. The zero-order valence-electron chi connectivity index (χ0n) is 9.27. The molecule has 1 aromatic heterocycles. The van der Waals surface area contributed by atoms with Crippen molar-refractivity contribution < 1.29 is 9.62 Å². The van der Waals surface area contributed by atoms with Crippen LogP contribution < -0.4 is 0 Å². The summed E-state index contributed by atoms with van der Waals surface area (Å²) in [7, 11) is 0. The third kappa shape index (κ3) is 2.14. The molecule has 0 radical (unpaired) electrons. The van der Waals surface area contributed by atoms with Crippen LogP contribution in [0.1, 0.15) is 16.9 Å². The lowest BCUT2D eigenvalue weighted by Gasteiger charge is -2.01. The lowest BCUT2D eigenvalue weighted by atomic mass is 10.1. The Kier molecular flexibility index (Phi) is 2.77. The van der Waals surface area contributed by atoms with E-state index < -0.39 is 0 Å². The van der Waals surface area contributed by atoms with E-state index in [4.69, 9.17) is 9.62 Å². The highest BCUT2D eigenvalue weighted by atomic mass is 16.4. The van der Waals surface area contributed by atoms with E-state index in [0.29, 0.717) is 5.76 Å². The first-order valence-electron chi connectivity index (χ1n) is 5.05. The fourth-order valence-corrected chi connectivity index (χ4v) is 1.75. The molecule has 0 bridgehead atoms. The summed E-state index contributed by atoms with van der Waals surface area (Å²) in [6.45, 7) is 4.10. The number of aryl methyl sites for hydroxylation is 2. The molecule has 0 aliphatic rings. The van der Waals surface area contributed by atoms with E-state index in [1.165, 1.54) is 17.3 Å². The molecule has 0 atom stereocenters. The first-order valence-corrected chi connectivity index (χ1v) is 5.05. The molecule has 0 saturated carbocycles. The van der Waals surface area contributed by atoms with Gasteiger partial charge in [0.05, 0.1) is 0 Å². The van der Waals surface area contributed by atoms with E-state index in [9.17, 15) is 0 Å². The van der Waals surface area contributed by atoms with Crippen molar-refractivity contribution in [3.05, 3.63) is 47.2 Å². The van der Waals surface area contributed by atoms with Crippen LogP contribution in [-0.2, 0) is 0 Å². The van der Waals surface area contributed by atoms with Gasteiger partial charge in [-0.2, -0.15) is 0 Å². The summed E-state index contributed by atoms with van der Waals surface area (Å²) in [4.78, 5) is 0. The molecule has 1 aromatic carbocycles. The Morgan fingerprint density at radius 1 is 1.12 bits per heavy atom. The average molecular weight is 215 g/mol. The van der Waals surface area contributed by atoms with Gasteiger partial charge in [0.2, 0.25) is 0 Å². The Morgan fingerprint density at radius 3 is 2.44 bits per heavy atom. The third-order valence-corrected chi connectivity index (χ3v) is 2.32. The van der Waals surface area contributed by atoms with Crippen LogP contribution in [0.4, 0.5) is 0 Å². The number of hydrogen-bond donors (Lipinski definition) is 1. The van der Waals surface area contributed by atoms with E-state index >= 15 is 0 Å². The molecule has 2 rings (SSSR count). The number of hydrogen-bond acceptors (Lipinski definition) is 3. The standard InChI is InChI=1S/C13H13NO2/c1-9-5-10(2)7-11(6-9)13-4-3-12(16-13)8-14-15/h3-8,15H,1-2H3/b14-8+. The molecule has 1 N–H and O–H groups in total. The van der Waals surface area contributed by atoms with Gasteiger partial charge in [-0.25, -0.2) is 0 Å². The minimum atomic E-state index is 0.539. The van der Waals surface area contributed by atoms with Gasteiger partial charge in [0.1, 0.15) is 17.7 Å². The van der Waals surface area contributed by atoms with Crippen LogP contribution in [0, 0.1) is 13.8 Å². The summed E-state index contributed by atoms with van der Waals surface area (Å²) in [5.74, 6) is 1.32. The summed E-state index contributed by atoms with van der Waals surface area (Å²) < 4.78 is 5.51. The number of oxime groups is 1. The quantitative estimate of drug-likeness (QED) is 0.474. The van der Waals surface area contributed by atoms with Crippen LogP contribution in [0.25, 0.3) is 11.3 Å². The van der Waals surface area contributed by atoms with Crippen molar-refractivity contribution in [2.24, 2.45) is 5.16 Å². The average Bonchev–Trinajstić information content (AvgIpc) is 2.65. The smallest absolute Gasteiger partial charge is 0.149 e. The highest BCUT2D eigenvalue weighted by molar-refractivity contribution is 5.76. The van der Waals surface area contributed by atoms with Crippen LogP contribution in [0.15, 0.2) is 39.9 Å². The lowest BCUT2D eigenvalue weighted by Crippen LogP contribution is -1.80. The van der Waals surface area contributed by atoms with Gasteiger partial charge in [-0.1, -0.05) is 22.3 Å². The zero-order valence-corrected chi connectivity index (χ0v) is 9.27. The van der Waals surface area contributed by atoms with Gasteiger partial charge in [0.25, 0.3) is 0 Å². The minimum Gasteiger partial charge on any atom is -0.455 e. The number of furan rings is 1. The van der Waals surface area contributed by atoms with Crippen molar-refractivity contribution in [3.63, 3.8) is 0 Å². The molecule has 16 heavy (non-hydrogen) atoms. The molecular weight excluding hydrogens is 202 g/mol. The lowest BCUT2D eigenvalue weighted by molar-refractivity contribution is 0.321. The van der Waals surface area contributed by atoms with E-state index in [-0.39, 0.29) is 0 Å². The molecule has 3 heteroatoms. The van der Waals surface area contributed by atoms with Crippen molar-refractivity contribution in [1.82, 2.24) is 0 Å². The molecule has 1 heterocycles. The second-order valence-electron chi connectivity index (χ2n) is 3.82. The third-order valence-electron chi connectivity index (χ3n) is 2.32. The predicted octanol–water partition coefficient (Wildman–Crippen LogP) is 3.37. The Labute approximate surface area is 94.0 Å². The minimum absolute atomic E-state index is 0.539. The van der Waals surface area contributed by atoms with E-state index in [1.54, 1.807) is 6.07 Å². The molecular formula is C13H13NO2. The van der Waals surface area contributed by atoms with Crippen molar-refractivity contribution in [3.8, 4) is 11.3 Å². The van der Waals surface area contributed by atoms with Crippen molar-refractivity contribution in [2.45, 2.75) is 13.8 Å². The summed E-state index contributed by atoms with van der Waals surface area (Å²) >= 11 is 0. The Balaban J connectivity index is 2.42. The first kappa shape index (κ1) is 10.5. The normalized spacial score (nSPS) is 11.1. The molecule has 2 aromatic rings. The fourth-order valence-electron chi connectivity index (χ4n) is 1.75. The van der Waals surface area contributed by atoms with Gasteiger partial charge in [0.15, 0.2) is 0 Å². The number of nitrogens with zero attached hydrogens (tertiary/aromatic N) is 1. The summed E-state index contributed by atoms with van der Waals surface area (Å²) in [6, 6.07) is 9.87. The van der Waals surface area contributed by atoms with Gasteiger partial charge in [0, 0.05) is 5.56 Å². The van der Waals surface area contributed by atoms with Gasteiger partial charge >= 0.3 is 0 Å². The molecule has 0 fully saturated rings. The predicted molar refractivity (Wildman–Crippen MR) is 63.0 cm³/mol. The van der Waals surface area contributed by atoms with Gasteiger partial charge < -0.3 is 9.62 Å². The number of rotatable bonds is 2. The molecule has 3 nitrogen and oxygen atoms in total. The van der Waals surface area contributed by atoms with Crippen LogP contribution >= 0.6 is 0 Å². The maximum absolute atomic E-state index is 8.40. The largest absolute Gasteiger partial charge is 0.455 e. The molecule has 0 aliphatic carbocycles. The SMILES string of the molecule is Cc1cc(C)cc(-c2ccc(/C=N/O)o2)c1. The second-order valence-corrected chi connectivity index (χ2v) is 3.82. The van der Waals surface area contributed by atoms with E-state index in [1.807, 2.05) is 6.07 Å². The molecule has 0 amide bonds. The topological polar surface area (TPSA) is 45.7 Å². The molecule has 0 aliphatic heterocycles. The van der Waals surface area contributed by atoms with Crippen molar-refractivity contribution in [1.29, 1.82) is 0 Å². The van der Waals surface area contributed by atoms with Gasteiger partial charge in [-0.15, -0.1) is 0 Å². The Morgan fingerprint density at radius 2 is 1.81 bits per heavy atom. The van der Waals surface area contributed by atoms with Crippen LogP contribution in [0.5, 0.6) is 0 Å². The summed E-state index contributed by atoms with van der Waals surface area (Å²) in [5, 5.41) is 11.3. The molecule has 0 saturated heterocycles. The van der Waals surface area contributed by atoms with Crippen molar-refractivity contribution >= 4 is 6.21 Å². The molecule has 0 unspecified atom stereocenters. The summed E-state index contributed by atoms with van der Waals surface area (Å²) in [6.07, 6.45) is 1.27.